The van der Waals surface area contributed by atoms with E-state index in [9.17, 15) is 4.79 Å². The first-order chi connectivity index (χ1) is 15.6. The first kappa shape index (κ1) is 21.4. The molecule has 0 fully saturated rings. The van der Waals surface area contributed by atoms with Crippen molar-refractivity contribution in [2.45, 2.75) is 26.2 Å². The molecule has 8 heteroatoms. The summed E-state index contributed by atoms with van der Waals surface area (Å²) in [6, 6.07) is 12.9. The highest BCUT2D eigenvalue weighted by Gasteiger charge is 2.26. The number of carbonyl (C=O) groups excluding carboxylic acids is 1. The van der Waals surface area contributed by atoms with E-state index in [1.165, 1.54) is 0 Å². The van der Waals surface area contributed by atoms with Gasteiger partial charge in [-0.15, -0.1) is 0 Å². The number of nitrogens with one attached hydrogen (secondary N) is 1. The molecule has 0 aliphatic carbocycles. The molecule has 0 spiro atoms. The van der Waals surface area contributed by atoms with E-state index in [0.29, 0.717) is 51.5 Å². The zero-order chi connectivity index (χ0) is 22.7. The summed E-state index contributed by atoms with van der Waals surface area (Å²) >= 11 is 0. The van der Waals surface area contributed by atoms with Gasteiger partial charge in [0.25, 0.3) is 5.91 Å². The van der Waals surface area contributed by atoms with Gasteiger partial charge in [-0.25, -0.2) is 9.97 Å². The molecular weight excluding hydrogens is 406 g/mol. The van der Waals surface area contributed by atoms with Gasteiger partial charge >= 0.3 is 0 Å². The van der Waals surface area contributed by atoms with Gasteiger partial charge in [0.05, 0.1) is 30.9 Å². The van der Waals surface area contributed by atoms with Gasteiger partial charge in [0.2, 0.25) is 0 Å². The lowest BCUT2D eigenvalue weighted by Crippen LogP contribution is -2.25. The first-order valence-corrected chi connectivity index (χ1v) is 10.7. The standard InChI is InChI=1S/C24H27N5O3/c1-4-5-8-13-26-24(30)20-21-23(28-17-10-7-6-9-16(17)27-21)29(22(20)25)18-12-11-15(31-2)14-19(18)32-3/h6-7,9-12,14H,4-5,8,13,25H2,1-3H3,(H,26,30). The number of hydrogen-bond acceptors (Lipinski definition) is 6. The maximum Gasteiger partial charge on any atom is 0.257 e. The lowest BCUT2D eigenvalue weighted by atomic mass is 10.2. The van der Waals surface area contributed by atoms with E-state index in [-0.39, 0.29) is 11.7 Å². The third kappa shape index (κ3) is 3.79. The zero-order valence-electron chi connectivity index (χ0n) is 18.5. The summed E-state index contributed by atoms with van der Waals surface area (Å²) in [5, 5.41) is 2.98. The summed E-state index contributed by atoms with van der Waals surface area (Å²) < 4.78 is 12.6. The molecule has 4 rings (SSSR count). The number of aromatic nitrogens is 3. The van der Waals surface area contributed by atoms with Crippen molar-refractivity contribution in [3.8, 4) is 17.2 Å². The summed E-state index contributed by atoms with van der Waals surface area (Å²) in [5.74, 6) is 1.18. The number of anilines is 1. The Balaban J connectivity index is 1.94. The fraction of sp³-hybridized carbons (Fsp3) is 0.292. The van der Waals surface area contributed by atoms with Crippen molar-refractivity contribution in [1.82, 2.24) is 19.9 Å². The number of amides is 1. The average molecular weight is 434 g/mol. The van der Waals surface area contributed by atoms with Crippen LogP contribution in [0.4, 0.5) is 5.82 Å². The van der Waals surface area contributed by atoms with Gasteiger partial charge < -0.3 is 20.5 Å². The highest BCUT2D eigenvalue weighted by atomic mass is 16.5. The van der Waals surface area contributed by atoms with Crippen molar-refractivity contribution in [3.05, 3.63) is 48.0 Å². The first-order valence-electron chi connectivity index (χ1n) is 10.7. The highest BCUT2D eigenvalue weighted by Crippen LogP contribution is 2.36. The Morgan fingerprint density at radius 1 is 1.06 bits per heavy atom. The number of nitrogens with zero attached hydrogens (tertiary/aromatic N) is 3. The molecule has 8 nitrogen and oxygen atoms in total. The van der Waals surface area contributed by atoms with Crippen molar-refractivity contribution in [3.63, 3.8) is 0 Å². The van der Waals surface area contributed by atoms with Crippen LogP contribution in [0.15, 0.2) is 42.5 Å². The van der Waals surface area contributed by atoms with Crippen LogP contribution in [0.25, 0.3) is 27.9 Å². The van der Waals surface area contributed by atoms with Gasteiger partial charge in [-0.2, -0.15) is 0 Å². The van der Waals surface area contributed by atoms with Crippen LogP contribution in [0.1, 0.15) is 36.5 Å². The number of unbranched alkanes of at least 4 members (excludes halogenated alkanes) is 2. The molecule has 0 saturated carbocycles. The Morgan fingerprint density at radius 2 is 1.81 bits per heavy atom. The van der Waals surface area contributed by atoms with E-state index in [1.54, 1.807) is 24.9 Å². The largest absolute Gasteiger partial charge is 0.497 e. The summed E-state index contributed by atoms with van der Waals surface area (Å²) in [4.78, 5) is 22.7. The minimum absolute atomic E-state index is 0.256. The second kappa shape index (κ2) is 9.13. The van der Waals surface area contributed by atoms with Gasteiger partial charge in [-0.05, 0) is 30.7 Å². The molecule has 0 saturated heterocycles. The van der Waals surface area contributed by atoms with Gasteiger partial charge in [0.15, 0.2) is 5.65 Å². The average Bonchev–Trinajstić information content (AvgIpc) is 3.10. The highest BCUT2D eigenvalue weighted by molar-refractivity contribution is 6.11. The molecule has 2 heterocycles. The van der Waals surface area contributed by atoms with Crippen LogP contribution < -0.4 is 20.5 Å². The zero-order valence-corrected chi connectivity index (χ0v) is 18.5. The molecule has 2 aromatic heterocycles. The maximum absolute atomic E-state index is 13.2. The van der Waals surface area contributed by atoms with Crippen molar-refractivity contribution in [2.24, 2.45) is 0 Å². The van der Waals surface area contributed by atoms with Gasteiger partial charge in [-0.1, -0.05) is 31.9 Å². The van der Waals surface area contributed by atoms with Crippen LogP contribution in [0, 0.1) is 0 Å². The molecule has 1 amide bonds. The van der Waals surface area contributed by atoms with E-state index < -0.39 is 0 Å². The Kier molecular flexibility index (Phi) is 6.11. The minimum atomic E-state index is -0.264. The van der Waals surface area contributed by atoms with Crippen LogP contribution >= 0.6 is 0 Å². The molecule has 0 bridgehead atoms. The molecule has 0 atom stereocenters. The number of fused-ring (bicyclic) bond motifs is 2. The van der Waals surface area contributed by atoms with Crippen molar-refractivity contribution >= 4 is 33.9 Å². The fourth-order valence-corrected chi connectivity index (χ4v) is 3.76. The number of nitrogens with two attached hydrogens (primary N) is 1. The molecule has 0 aliphatic heterocycles. The van der Waals surface area contributed by atoms with Crippen LogP contribution in [-0.4, -0.2) is 41.2 Å². The Labute approximate surface area is 186 Å². The van der Waals surface area contributed by atoms with E-state index >= 15 is 0 Å². The molecule has 166 valence electrons. The van der Waals surface area contributed by atoms with Crippen LogP contribution in [-0.2, 0) is 0 Å². The minimum Gasteiger partial charge on any atom is -0.497 e. The van der Waals surface area contributed by atoms with E-state index in [4.69, 9.17) is 25.2 Å². The SMILES string of the molecule is CCCCCNC(=O)c1c(N)n(-c2ccc(OC)cc2OC)c2nc3ccccc3nc12. The normalized spacial score (nSPS) is 11.1. The van der Waals surface area contributed by atoms with E-state index in [2.05, 4.69) is 12.2 Å². The number of methoxy groups -OCH3 is 2. The fourth-order valence-electron chi connectivity index (χ4n) is 3.76. The third-order valence-corrected chi connectivity index (χ3v) is 5.42. The van der Waals surface area contributed by atoms with Crippen LogP contribution in [0.2, 0.25) is 0 Å². The number of para-hydroxylation sites is 2. The lowest BCUT2D eigenvalue weighted by molar-refractivity contribution is 0.0955. The summed E-state index contributed by atoms with van der Waals surface area (Å²) in [7, 11) is 3.16. The summed E-state index contributed by atoms with van der Waals surface area (Å²) in [6.45, 7) is 2.70. The van der Waals surface area contributed by atoms with Crippen molar-refractivity contribution in [2.75, 3.05) is 26.5 Å². The quantitative estimate of drug-likeness (QED) is 0.406. The molecule has 2 aromatic carbocycles. The number of nitrogen functional groups attached to an aromatic ring is 1. The molecule has 0 radical (unpaired) electrons. The number of benzene rings is 2. The van der Waals surface area contributed by atoms with E-state index in [0.717, 1.165) is 19.3 Å². The Bertz CT molecular complexity index is 1280. The van der Waals surface area contributed by atoms with Gasteiger partial charge in [0, 0.05) is 12.6 Å². The smallest absolute Gasteiger partial charge is 0.257 e. The number of rotatable bonds is 8. The van der Waals surface area contributed by atoms with Crippen molar-refractivity contribution in [1.29, 1.82) is 0 Å². The molecule has 0 aliphatic rings. The number of hydrogen-bond donors (Lipinski definition) is 2. The predicted molar refractivity (Wildman–Crippen MR) is 126 cm³/mol. The Hall–Kier alpha value is -3.81. The predicted octanol–water partition coefficient (Wildman–Crippen LogP) is 4.09. The second-order valence-corrected chi connectivity index (χ2v) is 7.48. The topological polar surface area (TPSA) is 104 Å². The monoisotopic (exact) mass is 433 g/mol. The number of carbonyl (C=O) groups is 1. The van der Waals surface area contributed by atoms with Gasteiger partial charge in [0.1, 0.15) is 28.4 Å². The summed E-state index contributed by atoms with van der Waals surface area (Å²) in [6.07, 6.45) is 3.03. The maximum atomic E-state index is 13.2. The molecule has 32 heavy (non-hydrogen) atoms. The molecule has 0 unspecified atom stereocenters. The second-order valence-electron chi connectivity index (χ2n) is 7.48. The van der Waals surface area contributed by atoms with E-state index in [1.807, 2.05) is 36.4 Å². The molecular formula is C24H27N5O3. The summed E-state index contributed by atoms with van der Waals surface area (Å²) in [5.41, 5.74) is 9.87. The molecule has 3 N–H and O–H groups in total. The number of ether oxygens (including phenoxy) is 2. The third-order valence-electron chi connectivity index (χ3n) is 5.42. The van der Waals surface area contributed by atoms with Crippen molar-refractivity contribution < 1.29 is 14.3 Å². The molecule has 4 aromatic rings. The van der Waals surface area contributed by atoms with Gasteiger partial charge in [-0.3, -0.25) is 9.36 Å². The van der Waals surface area contributed by atoms with Crippen LogP contribution in [0.3, 0.4) is 0 Å². The lowest BCUT2D eigenvalue weighted by Gasteiger charge is -2.13. The van der Waals surface area contributed by atoms with Crippen LogP contribution in [0.5, 0.6) is 11.5 Å². The Morgan fingerprint density at radius 3 is 2.50 bits per heavy atom.